The smallest absolute Gasteiger partial charge is 0.214 e. The number of ether oxygens (including phenoxy) is 1. The molecular weight excluding hydrogens is 154 g/mol. The Morgan fingerprint density at radius 2 is 2.50 bits per heavy atom. The standard InChI is InChI=1S/C8H11N3O/c1-12-8-6-7(2-4-11-8)10-5-3-9/h2-6H,9H2,1H3,(H,10,11)/b5-3+. The molecule has 0 aromatic carbocycles. The van der Waals surface area contributed by atoms with E-state index in [1.807, 2.05) is 6.07 Å². The number of nitrogens with zero attached hydrogens (tertiary/aromatic N) is 1. The molecule has 0 radical (unpaired) electrons. The highest BCUT2D eigenvalue weighted by Gasteiger charge is 1.92. The number of rotatable bonds is 3. The Bertz CT molecular complexity index is 273. The topological polar surface area (TPSA) is 60.2 Å². The lowest BCUT2D eigenvalue weighted by molar-refractivity contribution is 0.398. The molecule has 0 unspecified atom stereocenters. The second kappa shape index (κ2) is 4.23. The van der Waals surface area contributed by atoms with Crippen molar-refractivity contribution in [2.45, 2.75) is 0 Å². The number of methoxy groups -OCH3 is 1. The molecule has 0 fully saturated rings. The van der Waals surface area contributed by atoms with Crippen LogP contribution in [0.25, 0.3) is 0 Å². The Labute approximate surface area is 71.1 Å². The van der Waals surface area contributed by atoms with Gasteiger partial charge in [0.05, 0.1) is 7.11 Å². The maximum absolute atomic E-state index is 5.16. The normalized spacial score (nSPS) is 10.1. The molecule has 0 aliphatic heterocycles. The van der Waals surface area contributed by atoms with Crippen LogP contribution in [0.15, 0.2) is 30.7 Å². The molecule has 4 heteroatoms. The van der Waals surface area contributed by atoms with Crippen molar-refractivity contribution < 1.29 is 4.74 Å². The molecule has 1 heterocycles. The molecule has 64 valence electrons. The Morgan fingerprint density at radius 3 is 3.17 bits per heavy atom. The van der Waals surface area contributed by atoms with Gasteiger partial charge in [0.15, 0.2) is 0 Å². The van der Waals surface area contributed by atoms with Crippen molar-refractivity contribution in [1.82, 2.24) is 4.98 Å². The molecule has 1 aromatic rings. The van der Waals surface area contributed by atoms with E-state index in [-0.39, 0.29) is 0 Å². The van der Waals surface area contributed by atoms with Crippen molar-refractivity contribution in [2.24, 2.45) is 5.73 Å². The van der Waals surface area contributed by atoms with E-state index in [0.29, 0.717) is 5.88 Å². The lowest BCUT2D eigenvalue weighted by Gasteiger charge is -2.01. The van der Waals surface area contributed by atoms with Crippen molar-refractivity contribution in [2.75, 3.05) is 12.4 Å². The molecule has 0 spiro atoms. The largest absolute Gasteiger partial charge is 0.481 e. The molecular formula is C8H11N3O. The number of pyridine rings is 1. The van der Waals surface area contributed by atoms with E-state index in [2.05, 4.69) is 10.3 Å². The monoisotopic (exact) mass is 165 g/mol. The van der Waals surface area contributed by atoms with Crippen molar-refractivity contribution >= 4 is 5.69 Å². The summed E-state index contributed by atoms with van der Waals surface area (Å²) in [6.45, 7) is 0. The van der Waals surface area contributed by atoms with E-state index in [1.165, 1.54) is 6.20 Å². The first-order valence-corrected chi connectivity index (χ1v) is 3.50. The molecule has 1 rings (SSSR count). The molecule has 1 aromatic heterocycles. The second-order valence-corrected chi connectivity index (χ2v) is 2.09. The number of nitrogens with one attached hydrogen (secondary N) is 1. The number of nitrogens with two attached hydrogens (primary N) is 1. The molecule has 3 N–H and O–H groups in total. The van der Waals surface area contributed by atoms with Gasteiger partial charge >= 0.3 is 0 Å². The summed E-state index contributed by atoms with van der Waals surface area (Å²) in [7, 11) is 1.57. The predicted molar refractivity (Wildman–Crippen MR) is 47.7 cm³/mol. The van der Waals surface area contributed by atoms with Gasteiger partial charge in [0.2, 0.25) is 5.88 Å². The van der Waals surface area contributed by atoms with E-state index >= 15 is 0 Å². The Morgan fingerprint density at radius 1 is 1.67 bits per heavy atom. The summed E-state index contributed by atoms with van der Waals surface area (Å²) < 4.78 is 4.93. The molecule has 0 saturated heterocycles. The minimum Gasteiger partial charge on any atom is -0.481 e. The van der Waals surface area contributed by atoms with E-state index in [0.717, 1.165) is 5.69 Å². The van der Waals surface area contributed by atoms with Crippen molar-refractivity contribution in [3.63, 3.8) is 0 Å². The molecule has 4 nitrogen and oxygen atoms in total. The summed E-state index contributed by atoms with van der Waals surface area (Å²) in [6, 6.07) is 3.60. The van der Waals surface area contributed by atoms with E-state index in [4.69, 9.17) is 10.5 Å². The maximum Gasteiger partial charge on any atom is 0.214 e. The fourth-order valence-corrected chi connectivity index (χ4v) is 0.755. The van der Waals surface area contributed by atoms with Gasteiger partial charge in [-0.3, -0.25) is 0 Å². The van der Waals surface area contributed by atoms with Crippen molar-refractivity contribution in [3.8, 4) is 5.88 Å². The third-order valence-corrected chi connectivity index (χ3v) is 1.29. The van der Waals surface area contributed by atoms with Gasteiger partial charge in [-0.15, -0.1) is 0 Å². The van der Waals surface area contributed by atoms with Gasteiger partial charge in [-0.1, -0.05) is 0 Å². The summed E-state index contributed by atoms with van der Waals surface area (Å²) >= 11 is 0. The van der Waals surface area contributed by atoms with Gasteiger partial charge < -0.3 is 15.8 Å². The quantitative estimate of drug-likeness (QED) is 0.699. The van der Waals surface area contributed by atoms with Crippen LogP contribution in [0.5, 0.6) is 5.88 Å². The third kappa shape index (κ3) is 2.16. The highest BCUT2D eigenvalue weighted by atomic mass is 16.5. The van der Waals surface area contributed by atoms with E-state index in [1.54, 1.807) is 25.6 Å². The highest BCUT2D eigenvalue weighted by molar-refractivity contribution is 5.46. The molecule has 0 saturated carbocycles. The molecule has 12 heavy (non-hydrogen) atoms. The first-order valence-electron chi connectivity index (χ1n) is 3.50. The zero-order chi connectivity index (χ0) is 8.81. The van der Waals surface area contributed by atoms with Crippen LogP contribution in [0.4, 0.5) is 5.69 Å². The lowest BCUT2D eigenvalue weighted by atomic mass is 10.4. The number of hydrogen-bond acceptors (Lipinski definition) is 4. The van der Waals surface area contributed by atoms with Gasteiger partial charge in [0, 0.05) is 30.4 Å². The van der Waals surface area contributed by atoms with Crippen LogP contribution in [-0.2, 0) is 0 Å². The molecule has 0 atom stereocenters. The van der Waals surface area contributed by atoms with Crippen LogP contribution in [0.2, 0.25) is 0 Å². The van der Waals surface area contributed by atoms with Gasteiger partial charge in [-0.25, -0.2) is 4.98 Å². The molecule has 0 bridgehead atoms. The number of anilines is 1. The predicted octanol–water partition coefficient (Wildman–Crippen LogP) is 0.932. The Balaban J connectivity index is 2.72. The van der Waals surface area contributed by atoms with Crippen molar-refractivity contribution in [3.05, 3.63) is 30.7 Å². The first-order chi connectivity index (χ1) is 5.86. The second-order valence-electron chi connectivity index (χ2n) is 2.09. The molecule has 0 aliphatic carbocycles. The van der Waals surface area contributed by atoms with Crippen LogP contribution in [0.3, 0.4) is 0 Å². The molecule has 0 amide bonds. The number of hydrogen-bond donors (Lipinski definition) is 2. The van der Waals surface area contributed by atoms with Crippen LogP contribution >= 0.6 is 0 Å². The summed E-state index contributed by atoms with van der Waals surface area (Å²) in [4.78, 5) is 3.95. The summed E-state index contributed by atoms with van der Waals surface area (Å²) in [5.74, 6) is 0.574. The van der Waals surface area contributed by atoms with Crippen LogP contribution in [-0.4, -0.2) is 12.1 Å². The van der Waals surface area contributed by atoms with Gasteiger partial charge in [-0.05, 0) is 6.07 Å². The zero-order valence-electron chi connectivity index (χ0n) is 6.82. The first kappa shape index (κ1) is 8.39. The summed E-state index contributed by atoms with van der Waals surface area (Å²) in [5.41, 5.74) is 6.05. The Kier molecular flexibility index (Phi) is 2.95. The summed E-state index contributed by atoms with van der Waals surface area (Å²) in [5, 5.41) is 2.94. The third-order valence-electron chi connectivity index (χ3n) is 1.29. The fraction of sp³-hybridized carbons (Fsp3) is 0.125. The van der Waals surface area contributed by atoms with Crippen LogP contribution in [0, 0.1) is 0 Å². The lowest BCUT2D eigenvalue weighted by Crippen LogP contribution is -1.92. The minimum absolute atomic E-state index is 0.574. The maximum atomic E-state index is 5.16. The highest BCUT2D eigenvalue weighted by Crippen LogP contribution is 2.12. The average Bonchev–Trinajstić information content (AvgIpc) is 2.15. The van der Waals surface area contributed by atoms with Gasteiger partial charge in [-0.2, -0.15) is 0 Å². The number of aromatic nitrogens is 1. The summed E-state index contributed by atoms with van der Waals surface area (Å²) in [6.07, 6.45) is 4.72. The van der Waals surface area contributed by atoms with Crippen molar-refractivity contribution in [1.29, 1.82) is 0 Å². The SMILES string of the molecule is COc1cc(N/C=C/N)ccn1. The molecule has 0 aliphatic rings. The van der Waals surface area contributed by atoms with Gasteiger partial charge in [0.1, 0.15) is 0 Å². The van der Waals surface area contributed by atoms with Gasteiger partial charge in [0.25, 0.3) is 0 Å². The van der Waals surface area contributed by atoms with E-state index < -0.39 is 0 Å². The average molecular weight is 165 g/mol. The Hall–Kier alpha value is -1.71. The minimum atomic E-state index is 0.574. The fourth-order valence-electron chi connectivity index (χ4n) is 0.755. The van der Waals surface area contributed by atoms with Crippen LogP contribution < -0.4 is 15.8 Å². The van der Waals surface area contributed by atoms with E-state index in [9.17, 15) is 0 Å². The van der Waals surface area contributed by atoms with Crippen LogP contribution in [0.1, 0.15) is 0 Å². The zero-order valence-corrected chi connectivity index (χ0v) is 6.82.